The van der Waals surface area contributed by atoms with Crippen molar-refractivity contribution in [2.45, 2.75) is 26.3 Å². The van der Waals surface area contributed by atoms with E-state index in [2.05, 4.69) is 128 Å². The summed E-state index contributed by atoms with van der Waals surface area (Å²) in [5.41, 5.74) is 11.0. The molecule has 0 saturated heterocycles. The monoisotopic (exact) mass is 494 g/mol. The maximum atomic E-state index is 2.32. The molecule has 35 heavy (non-hydrogen) atoms. The standard InChI is InChI=1S/C30H27N.3CH3.Ti/c1-22-28(27-18-10-9-17-26(27)21-31-19-11-12-20-31)23(2)30(25-15-7-4-8-16-25)29(22)24-13-5-3-6-14-24;;;;/h3-20,28H,21H2,1-2H3;3*1H3;/q;3*-1;+3. The molecule has 0 spiro atoms. The molecular formula is C33H36NTi. The first kappa shape index (κ1) is 30.2. The predicted octanol–water partition coefficient (Wildman–Crippen LogP) is 8.93. The van der Waals surface area contributed by atoms with Crippen LogP contribution in [0.3, 0.4) is 0 Å². The first-order chi connectivity index (χ1) is 15.2. The molecule has 1 aliphatic rings. The summed E-state index contributed by atoms with van der Waals surface area (Å²) in [6, 6.07) is 34.8. The number of rotatable bonds is 5. The van der Waals surface area contributed by atoms with Crippen molar-refractivity contribution >= 4 is 11.1 Å². The minimum absolute atomic E-state index is 0. The SMILES string of the molecule is CC1=C(c2ccccc2)C(c2ccccc2)=C(C)C1c1ccccc1Cn1cccc1.[CH3-].[CH3-].[CH3-].[Ti+3]. The second kappa shape index (κ2) is 13.3. The summed E-state index contributed by atoms with van der Waals surface area (Å²) < 4.78 is 2.25. The number of allylic oxidation sites excluding steroid dienone is 4. The Morgan fingerprint density at radius 1 is 0.571 bits per heavy atom. The third-order valence-electron chi connectivity index (χ3n) is 6.41. The molecule has 1 aromatic heterocycles. The molecule has 0 amide bonds. The molecule has 0 bridgehead atoms. The zero-order chi connectivity index (χ0) is 21.2. The Kier molecular flexibility index (Phi) is 11.4. The van der Waals surface area contributed by atoms with Gasteiger partial charge in [-0.05, 0) is 59.4 Å². The van der Waals surface area contributed by atoms with Crippen LogP contribution in [0.2, 0.25) is 0 Å². The van der Waals surface area contributed by atoms with Gasteiger partial charge in [0.1, 0.15) is 0 Å². The molecule has 3 aromatic carbocycles. The van der Waals surface area contributed by atoms with Gasteiger partial charge in [0.05, 0.1) is 0 Å². The van der Waals surface area contributed by atoms with Crippen LogP contribution in [0, 0.1) is 22.3 Å². The average molecular weight is 495 g/mol. The van der Waals surface area contributed by atoms with Crippen molar-refractivity contribution in [3.8, 4) is 0 Å². The molecule has 4 aromatic rings. The smallest absolute Gasteiger partial charge is 0.358 e. The van der Waals surface area contributed by atoms with Crippen LogP contribution in [0.25, 0.3) is 11.1 Å². The van der Waals surface area contributed by atoms with E-state index in [1.54, 1.807) is 0 Å². The molecule has 0 unspecified atom stereocenters. The second-order valence-electron chi connectivity index (χ2n) is 8.34. The maximum Gasteiger partial charge on any atom is 3.00 e. The van der Waals surface area contributed by atoms with E-state index < -0.39 is 0 Å². The molecule has 2 heteroatoms. The van der Waals surface area contributed by atoms with E-state index in [1.807, 2.05) is 0 Å². The maximum absolute atomic E-state index is 2.32. The second-order valence-corrected chi connectivity index (χ2v) is 8.34. The van der Waals surface area contributed by atoms with E-state index in [-0.39, 0.29) is 49.9 Å². The Hall–Kier alpha value is -2.87. The van der Waals surface area contributed by atoms with E-state index in [0.717, 1.165) is 6.54 Å². The molecule has 0 aliphatic heterocycles. The fourth-order valence-corrected chi connectivity index (χ4v) is 5.06. The van der Waals surface area contributed by atoms with Gasteiger partial charge in [-0.15, -0.1) is 0 Å². The van der Waals surface area contributed by atoms with Crippen molar-refractivity contribution in [3.63, 3.8) is 0 Å². The molecule has 5 rings (SSSR count). The van der Waals surface area contributed by atoms with Gasteiger partial charge in [0.25, 0.3) is 0 Å². The largest absolute Gasteiger partial charge is 3.00 e. The molecular weight excluding hydrogens is 458 g/mol. The summed E-state index contributed by atoms with van der Waals surface area (Å²) >= 11 is 0. The van der Waals surface area contributed by atoms with Gasteiger partial charge >= 0.3 is 21.7 Å². The normalized spacial score (nSPS) is 12.9. The first-order valence-electron chi connectivity index (χ1n) is 11.0. The third kappa shape index (κ3) is 5.86. The van der Waals surface area contributed by atoms with Gasteiger partial charge in [-0.25, -0.2) is 0 Å². The Labute approximate surface area is 228 Å². The minimum atomic E-state index is 0. The Balaban J connectivity index is 0.00000153. The van der Waals surface area contributed by atoms with Crippen LogP contribution >= 0.6 is 0 Å². The van der Waals surface area contributed by atoms with Crippen molar-refractivity contribution in [2.24, 2.45) is 0 Å². The number of aromatic nitrogens is 1. The quantitative estimate of drug-likeness (QED) is 0.193. The summed E-state index contributed by atoms with van der Waals surface area (Å²) in [5.74, 6) is 0.289. The summed E-state index contributed by atoms with van der Waals surface area (Å²) in [6.07, 6.45) is 4.28. The van der Waals surface area contributed by atoms with Gasteiger partial charge < -0.3 is 26.8 Å². The van der Waals surface area contributed by atoms with Crippen molar-refractivity contribution in [1.29, 1.82) is 0 Å². The minimum Gasteiger partial charge on any atom is -0.358 e. The van der Waals surface area contributed by atoms with Gasteiger partial charge in [-0.2, -0.15) is 0 Å². The molecule has 1 nitrogen and oxygen atoms in total. The zero-order valence-corrected chi connectivity index (χ0v) is 23.2. The van der Waals surface area contributed by atoms with Crippen molar-refractivity contribution in [3.05, 3.63) is 165 Å². The van der Waals surface area contributed by atoms with Crippen LogP contribution in [0.4, 0.5) is 0 Å². The molecule has 1 radical (unpaired) electrons. The Morgan fingerprint density at radius 3 is 1.49 bits per heavy atom. The number of hydrogen-bond donors (Lipinski definition) is 0. The van der Waals surface area contributed by atoms with Crippen LogP contribution in [0.15, 0.2) is 121 Å². The number of benzene rings is 3. The molecule has 1 aliphatic carbocycles. The predicted molar refractivity (Wildman–Crippen MR) is 150 cm³/mol. The number of nitrogens with zero attached hydrogens (tertiary/aromatic N) is 1. The van der Waals surface area contributed by atoms with Crippen LogP contribution in [0.1, 0.15) is 42.0 Å². The van der Waals surface area contributed by atoms with Gasteiger partial charge in [0, 0.05) is 24.9 Å². The zero-order valence-electron chi connectivity index (χ0n) is 21.6. The fraction of sp³-hybridized carbons (Fsp3) is 0.121. The molecule has 0 atom stereocenters. The number of hydrogen-bond acceptors (Lipinski definition) is 0. The fourth-order valence-electron chi connectivity index (χ4n) is 5.06. The van der Waals surface area contributed by atoms with E-state index in [0.29, 0.717) is 0 Å². The van der Waals surface area contributed by atoms with Gasteiger partial charge in [-0.1, -0.05) is 96.1 Å². The molecule has 0 N–H and O–H groups in total. The van der Waals surface area contributed by atoms with E-state index in [4.69, 9.17) is 0 Å². The summed E-state index contributed by atoms with van der Waals surface area (Å²) in [6.45, 7) is 5.53. The Morgan fingerprint density at radius 2 is 1.00 bits per heavy atom. The molecule has 0 fully saturated rings. The first-order valence-corrected chi connectivity index (χ1v) is 11.0. The van der Waals surface area contributed by atoms with Gasteiger partial charge in [-0.3, -0.25) is 0 Å². The Bertz CT molecular complexity index is 1190. The summed E-state index contributed by atoms with van der Waals surface area (Å²) in [4.78, 5) is 0. The van der Waals surface area contributed by atoms with Crippen molar-refractivity contribution in [1.82, 2.24) is 4.57 Å². The summed E-state index contributed by atoms with van der Waals surface area (Å²) in [5, 5.41) is 0. The molecule has 1 heterocycles. The van der Waals surface area contributed by atoms with Crippen molar-refractivity contribution < 1.29 is 21.7 Å². The van der Waals surface area contributed by atoms with E-state index >= 15 is 0 Å². The van der Waals surface area contributed by atoms with Crippen LogP contribution in [-0.2, 0) is 28.3 Å². The molecule has 177 valence electrons. The van der Waals surface area contributed by atoms with Crippen LogP contribution in [-0.4, -0.2) is 4.57 Å². The van der Waals surface area contributed by atoms with Crippen LogP contribution < -0.4 is 0 Å². The summed E-state index contributed by atoms with van der Waals surface area (Å²) in [7, 11) is 0. The molecule has 0 saturated carbocycles. The average Bonchev–Trinajstić information content (AvgIpc) is 3.41. The van der Waals surface area contributed by atoms with E-state index in [9.17, 15) is 0 Å². The van der Waals surface area contributed by atoms with Crippen LogP contribution in [0.5, 0.6) is 0 Å². The van der Waals surface area contributed by atoms with Crippen molar-refractivity contribution in [2.75, 3.05) is 0 Å². The van der Waals surface area contributed by atoms with E-state index in [1.165, 1.54) is 44.5 Å². The van der Waals surface area contributed by atoms with Gasteiger partial charge in [0.15, 0.2) is 0 Å². The topological polar surface area (TPSA) is 4.93 Å². The third-order valence-corrected chi connectivity index (χ3v) is 6.41. The van der Waals surface area contributed by atoms with Gasteiger partial charge in [0.2, 0.25) is 0 Å².